The molecule has 5 rings (SSSR count). The number of anilines is 5. The van der Waals surface area contributed by atoms with Crippen molar-refractivity contribution >= 4 is 75.8 Å². The third kappa shape index (κ3) is 10.8. The molecule has 0 unspecified atom stereocenters. The molecule has 0 saturated heterocycles. The van der Waals surface area contributed by atoms with Gasteiger partial charge in [-0.15, -0.1) is 0 Å². The van der Waals surface area contributed by atoms with Crippen molar-refractivity contribution in [3.63, 3.8) is 0 Å². The van der Waals surface area contributed by atoms with Crippen molar-refractivity contribution in [2.75, 3.05) is 57.5 Å². The molecule has 0 aliphatic carbocycles. The molecule has 298 valence electrons. The third-order valence-electron chi connectivity index (χ3n) is 8.00. The number of nitrogens with one attached hydrogen (secondary N) is 3. The number of carbonyl (C=O) groups excluding carboxylic acids is 4. The standard InChI is InChI=1S/C39H38N10O9/c1-21-13-27(7-9-31(21)48-46-29-17-23(33(51)55-3)15-24(18-29)34(52)56-4)41-38-43-37(40-11-12-50)44-39(45-38)42-28-8-10-32(22(2)14-28)49-47-30-19-25(35(53)57-5)16-26(20-30)36(54)58-6/h7-10,13-20,50H,11-12H2,1-6H3,(H3,40,41,42,43,44,45). The van der Waals surface area contributed by atoms with Crippen LogP contribution < -0.4 is 16.0 Å². The number of nitrogens with zero attached hydrogens (tertiary/aromatic N) is 7. The van der Waals surface area contributed by atoms with Crippen molar-refractivity contribution in [3.05, 3.63) is 106 Å². The molecule has 0 saturated carbocycles. The van der Waals surface area contributed by atoms with E-state index in [1.54, 1.807) is 36.4 Å². The molecule has 58 heavy (non-hydrogen) atoms. The highest BCUT2D eigenvalue weighted by molar-refractivity contribution is 5.97. The smallest absolute Gasteiger partial charge is 0.337 e. The third-order valence-corrected chi connectivity index (χ3v) is 8.00. The molecule has 0 spiro atoms. The van der Waals surface area contributed by atoms with Crippen molar-refractivity contribution in [3.8, 4) is 0 Å². The van der Waals surface area contributed by atoms with Gasteiger partial charge in [-0.05, 0) is 97.8 Å². The molecule has 19 nitrogen and oxygen atoms in total. The maximum absolute atomic E-state index is 12.2. The van der Waals surface area contributed by atoms with E-state index in [9.17, 15) is 24.3 Å². The van der Waals surface area contributed by atoms with Crippen LogP contribution in [0.25, 0.3) is 0 Å². The fourth-order valence-corrected chi connectivity index (χ4v) is 5.19. The number of rotatable bonds is 15. The van der Waals surface area contributed by atoms with E-state index < -0.39 is 23.9 Å². The number of hydrogen-bond donors (Lipinski definition) is 4. The molecule has 0 amide bonds. The second-order valence-corrected chi connectivity index (χ2v) is 12.1. The Bertz CT molecular complexity index is 2190. The van der Waals surface area contributed by atoms with Gasteiger partial charge in [-0.1, -0.05) is 0 Å². The van der Waals surface area contributed by atoms with Crippen LogP contribution in [0.3, 0.4) is 0 Å². The van der Waals surface area contributed by atoms with Crippen molar-refractivity contribution in [2.45, 2.75) is 13.8 Å². The van der Waals surface area contributed by atoms with E-state index >= 15 is 0 Å². The first kappa shape index (κ1) is 41.5. The lowest BCUT2D eigenvalue weighted by Gasteiger charge is -2.12. The Morgan fingerprint density at radius 2 is 0.897 bits per heavy atom. The molecular formula is C39H38N10O9. The minimum Gasteiger partial charge on any atom is -0.465 e. The fourth-order valence-electron chi connectivity index (χ4n) is 5.19. The van der Waals surface area contributed by atoms with Crippen LogP contribution in [0, 0.1) is 13.8 Å². The lowest BCUT2D eigenvalue weighted by molar-refractivity contribution is 0.0581. The highest BCUT2D eigenvalue weighted by Crippen LogP contribution is 2.30. The van der Waals surface area contributed by atoms with Crippen LogP contribution in [-0.4, -0.2) is 85.5 Å². The number of esters is 4. The van der Waals surface area contributed by atoms with Crippen molar-refractivity contribution in [2.24, 2.45) is 20.5 Å². The van der Waals surface area contributed by atoms with Crippen LogP contribution in [0.4, 0.5) is 52.0 Å². The number of azo groups is 2. The molecule has 4 N–H and O–H groups in total. The van der Waals surface area contributed by atoms with Gasteiger partial charge in [0, 0.05) is 17.9 Å². The van der Waals surface area contributed by atoms with Gasteiger partial charge >= 0.3 is 23.9 Å². The van der Waals surface area contributed by atoms with E-state index in [1.807, 2.05) is 13.8 Å². The average molecular weight is 791 g/mol. The summed E-state index contributed by atoms with van der Waals surface area (Å²) in [6, 6.07) is 19.0. The first-order valence-corrected chi connectivity index (χ1v) is 17.3. The van der Waals surface area contributed by atoms with Gasteiger partial charge in [-0.25, -0.2) is 19.2 Å². The zero-order valence-electron chi connectivity index (χ0n) is 32.2. The van der Waals surface area contributed by atoms with Crippen LogP contribution in [-0.2, 0) is 18.9 Å². The topological polar surface area (TPSA) is 250 Å². The number of aryl methyl sites for hydroxylation is 2. The Kier molecular flexibility index (Phi) is 13.8. The highest BCUT2D eigenvalue weighted by Gasteiger charge is 2.16. The molecular weight excluding hydrogens is 752 g/mol. The SMILES string of the molecule is COC(=O)c1cc(N=Nc2ccc(Nc3nc(NCCO)nc(Nc4ccc(N=Nc5cc(C(=O)OC)cc(C(=O)OC)c5)c(C)c4)n3)cc2C)cc(C(=O)OC)c1. The van der Waals surface area contributed by atoms with Crippen molar-refractivity contribution in [1.82, 2.24) is 15.0 Å². The number of ether oxygens (including phenoxy) is 4. The first-order chi connectivity index (χ1) is 27.9. The van der Waals surface area contributed by atoms with E-state index in [2.05, 4.69) is 51.4 Å². The number of aromatic nitrogens is 3. The number of carbonyl (C=O) groups is 4. The summed E-state index contributed by atoms with van der Waals surface area (Å²) in [5, 5.41) is 35.8. The maximum atomic E-state index is 12.2. The van der Waals surface area contributed by atoms with Crippen LogP contribution in [0.5, 0.6) is 0 Å². The number of methoxy groups -OCH3 is 4. The van der Waals surface area contributed by atoms with Gasteiger partial charge in [-0.3, -0.25) is 0 Å². The Hall–Kier alpha value is -7.67. The summed E-state index contributed by atoms with van der Waals surface area (Å²) in [6.07, 6.45) is 0. The van der Waals surface area contributed by atoms with E-state index in [4.69, 9.17) is 18.9 Å². The number of aliphatic hydroxyl groups is 1. The summed E-state index contributed by atoms with van der Waals surface area (Å²) in [7, 11) is 4.92. The molecule has 1 heterocycles. The molecule has 0 aliphatic heterocycles. The fraction of sp³-hybridized carbons (Fsp3) is 0.205. The molecule has 0 aliphatic rings. The predicted octanol–water partition coefficient (Wildman–Crippen LogP) is 7.36. The average Bonchev–Trinajstić information content (AvgIpc) is 3.23. The van der Waals surface area contributed by atoms with Gasteiger partial charge in [-0.2, -0.15) is 35.4 Å². The van der Waals surface area contributed by atoms with E-state index in [-0.39, 0.29) is 64.6 Å². The zero-order valence-corrected chi connectivity index (χ0v) is 32.2. The molecule has 0 atom stereocenters. The maximum Gasteiger partial charge on any atom is 0.337 e. The van der Waals surface area contributed by atoms with Gasteiger partial charge in [0.25, 0.3) is 0 Å². The highest BCUT2D eigenvalue weighted by atomic mass is 16.5. The Balaban J connectivity index is 1.34. The molecule has 0 radical (unpaired) electrons. The largest absolute Gasteiger partial charge is 0.465 e. The molecule has 1 aromatic heterocycles. The second-order valence-electron chi connectivity index (χ2n) is 12.1. The van der Waals surface area contributed by atoms with Crippen LogP contribution >= 0.6 is 0 Å². The molecule has 0 fully saturated rings. The van der Waals surface area contributed by atoms with Gasteiger partial charge in [0.05, 0.1) is 80.0 Å². The summed E-state index contributed by atoms with van der Waals surface area (Å²) in [4.78, 5) is 62.0. The van der Waals surface area contributed by atoms with Gasteiger partial charge in [0.2, 0.25) is 17.8 Å². The quantitative estimate of drug-likeness (QED) is 0.0459. The van der Waals surface area contributed by atoms with Crippen molar-refractivity contribution < 1.29 is 43.2 Å². The van der Waals surface area contributed by atoms with Crippen LogP contribution in [0.15, 0.2) is 93.3 Å². The minimum absolute atomic E-state index is 0.114. The van der Waals surface area contributed by atoms with E-state index in [1.165, 1.54) is 64.8 Å². The summed E-state index contributed by atoms with van der Waals surface area (Å²) in [5.74, 6) is -2.02. The molecule has 19 heteroatoms. The number of aliphatic hydroxyl groups excluding tert-OH is 1. The molecule has 5 aromatic rings. The van der Waals surface area contributed by atoms with Crippen LogP contribution in [0.2, 0.25) is 0 Å². The Morgan fingerprint density at radius 1 is 0.534 bits per heavy atom. The summed E-state index contributed by atoms with van der Waals surface area (Å²) in [5.41, 5.74) is 4.64. The predicted molar refractivity (Wildman–Crippen MR) is 211 cm³/mol. The lowest BCUT2D eigenvalue weighted by atomic mass is 10.1. The Morgan fingerprint density at radius 3 is 1.22 bits per heavy atom. The minimum atomic E-state index is -0.646. The number of hydrogen-bond acceptors (Lipinski definition) is 19. The monoisotopic (exact) mass is 790 g/mol. The normalized spacial score (nSPS) is 10.9. The molecule has 0 bridgehead atoms. The summed E-state index contributed by atoms with van der Waals surface area (Å²) in [6.45, 7) is 3.68. The Labute approximate surface area is 331 Å². The lowest BCUT2D eigenvalue weighted by Crippen LogP contribution is -2.12. The number of benzene rings is 4. The summed E-state index contributed by atoms with van der Waals surface area (Å²) >= 11 is 0. The summed E-state index contributed by atoms with van der Waals surface area (Å²) < 4.78 is 19.2. The van der Waals surface area contributed by atoms with Gasteiger partial charge < -0.3 is 40.0 Å². The zero-order chi connectivity index (χ0) is 41.8. The van der Waals surface area contributed by atoms with Crippen molar-refractivity contribution in [1.29, 1.82) is 0 Å². The van der Waals surface area contributed by atoms with Gasteiger partial charge in [0.1, 0.15) is 0 Å². The van der Waals surface area contributed by atoms with E-state index in [0.29, 0.717) is 22.7 Å². The molecule has 4 aromatic carbocycles. The van der Waals surface area contributed by atoms with E-state index in [0.717, 1.165) is 11.1 Å². The second kappa shape index (κ2) is 19.3. The van der Waals surface area contributed by atoms with Gasteiger partial charge in [0.15, 0.2) is 0 Å². The first-order valence-electron chi connectivity index (χ1n) is 17.3. The van der Waals surface area contributed by atoms with Crippen LogP contribution in [0.1, 0.15) is 52.6 Å².